The highest BCUT2D eigenvalue weighted by Crippen LogP contribution is 2.35. The number of benzene rings is 2. The van der Waals surface area contributed by atoms with E-state index in [0.29, 0.717) is 32.7 Å². The molecule has 0 saturated carbocycles. The van der Waals surface area contributed by atoms with Gasteiger partial charge in [-0.25, -0.2) is 0 Å². The van der Waals surface area contributed by atoms with Crippen molar-refractivity contribution in [1.29, 1.82) is 0 Å². The monoisotopic (exact) mass is 366 g/mol. The Labute approximate surface area is 160 Å². The van der Waals surface area contributed by atoms with E-state index in [4.69, 9.17) is 15.2 Å². The minimum absolute atomic E-state index is 0.0231. The van der Waals surface area contributed by atoms with E-state index in [0.717, 1.165) is 29.7 Å². The Bertz CT molecular complexity index is 787. The second-order valence-corrected chi connectivity index (χ2v) is 7.50. The van der Waals surface area contributed by atoms with Crippen molar-refractivity contribution in [2.75, 3.05) is 19.8 Å². The molecular weight excluding hydrogens is 340 g/mol. The highest BCUT2D eigenvalue weighted by atomic mass is 16.5. The lowest BCUT2D eigenvalue weighted by molar-refractivity contribution is -0.137. The van der Waals surface area contributed by atoms with E-state index in [9.17, 15) is 4.79 Å². The van der Waals surface area contributed by atoms with E-state index in [-0.39, 0.29) is 5.91 Å². The molecule has 1 amide bonds. The highest BCUT2D eigenvalue weighted by Gasteiger charge is 2.41. The standard InChI is InChI=1S/C22H26N2O3/c23-19(14-17-6-2-1-3-7-17)21(25)24-15-18-8-4-5-9-20(18)27-22(16-24)10-12-26-13-11-22/h1-9,19H,10-16,23H2. The van der Waals surface area contributed by atoms with Gasteiger partial charge in [-0.1, -0.05) is 48.5 Å². The van der Waals surface area contributed by atoms with Crippen molar-refractivity contribution < 1.29 is 14.3 Å². The predicted octanol–water partition coefficient (Wildman–Crippen LogP) is 2.53. The second-order valence-electron chi connectivity index (χ2n) is 7.50. The molecule has 4 rings (SSSR count). The maximum atomic E-state index is 13.2. The minimum atomic E-state index is -0.561. The zero-order valence-corrected chi connectivity index (χ0v) is 15.5. The summed E-state index contributed by atoms with van der Waals surface area (Å²) in [5.41, 5.74) is 8.02. The van der Waals surface area contributed by atoms with Gasteiger partial charge in [-0.05, 0) is 18.1 Å². The van der Waals surface area contributed by atoms with E-state index in [1.54, 1.807) is 0 Å². The molecule has 1 atom stereocenters. The molecule has 2 aromatic carbocycles. The Hall–Kier alpha value is -2.37. The van der Waals surface area contributed by atoms with E-state index in [1.807, 2.05) is 59.5 Å². The van der Waals surface area contributed by atoms with Crippen molar-refractivity contribution in [3.05, 3.63) is 65.7 Å². The summed E-state index contributed by atoms with van der Waals surface area (Å²) in [5.74, 6) is 0.844. The average Bonchev–Trinajstić information content (AvgIpc) is 2.85. The first-order valence-corrected chi connectivity index (χ1v) is 9.58. The molecule has 0 aliphatic carbocycles. The summed E-state index contributed by atoms with van der Waals surface area (Å²) in [4.78, 5) is 15.1. The zero-order chi connectivity index (χ0) is 18.7. The average molecular weight is 366 g/mol. The topological polar surface area (TPSA) is 64.8 Å². The number of para-hydroxylation sites is 1. The zero-order valence-electron chi connectivity index (χ0n) is 15.5. The van der Waals surface area contributed by atoms with Gasteiger partial charge in [0.15, 0.2) is 0 Å². The van der Waals surface area contributed by atoms with Gasteiger partial charge in [0.05, 0.1) is 25.8 Å². The number of fused-ring (bicyclic) bond motifs is 1. The fourth-order valence-corrected chi connectivity index (χ4v) is 3.96. The van der Waals surface area contributed by atoms with E-state index >= 15 is 0 Å². The number of hydrogen-bond acceptors (Lipinski definition) is 4. The molecule has 2 heterocycles. The lowest BCUT2D eigenvalue weighted by Gasteiger charge is -2.39. The molecule has 0 bridgehead atoms. The van der Waals surface area contributed by atoms with Crippen molar-refractivity contribution in [2.24, 2.45) is 5.73 Å². The van der Waals surface area contributed by atoms with Crippen molar-refractivity contribution >= 4 is 5.91 Å². The van der Waals surface area contributed by atoms with Crippen LogP contribution in [0.3, 0.4) is 0 Å². The molecule has 5 heteroatoms. The van der Waals surface area contributed by atoms with E-state index in [2.05, 4.69) is 0 Å². The van der Waals surface area contributed by atoms with Gasteiger partial charge >= 0.3 is 0 Å². The summed E-state index contributed by atoms with van der Waals surface area (Å²) < 4.78 is 12.0. The van der Waals surface area contributed by atoms with Crippen molar-refractivity contribution in [3.63, 3.8) is 0 Å². The van der Waals surface area contributed by atoms with Crippen LogP contribution in [-0.4, -0.2) is 42.2 Å². The lowest BCUT2D eigenvalue weighted by Crippen LogP contribution is -2.54. The van der Waals surface area contributed by atoms with Crippen LogP contribution in [0.2, 0.25) is 0 Å². The Morgan fingerprint density at radius 3 is 2.56 bits per heavy atom. The molecule has 2 aliphatic heterocycles. The Morgan fingerprint density at radius 2 is 1.78 bits per heavy atom. The number of hydrogen-bond donors (Lipinski definition) is 1. The van der Waals surface area contributed by atoms with Gasteiger partial charge in [0.25, 0.3) is 0 Å². The lowest BCUT2D eigenvalue weighted by atomic mass is 9.93. The van der Waals surface area contributed by atoms with Gasteiger partial charge in [-0.2, -0.15) is 0 Å². The van der Waals surface area contributed by atoms with Crippen LogP contribution in [0.15, 0.2) is 54.6 Å². The van der Waals surface area contributed by atoms with Crippen LogP contribution >= 0.6 is 0 Å². The van der Waals surface area contributed by atoms with Gasteiger partial charge < -0.3 is 20.1 Å². The summed E-state index contributed by atoms with van der Waals surface area (Å²) >= 11 is 0. The Kier molecular flexibility index (Phi) is 5.14. The number of carbonyl (C=O) groups excluding carboxylic acids is 1. The fourth-order valence-electron chi connectivity index (χ4n) is 3.96. The first-order valence-electron chi connectivity index (χ1n) is 9.58. The number of rotatable bonds is 3. The first-order chi connectivity index (χ1) is 13.2. The number of amides is 1. The minimum Gasteiger partial charge on any atom is -0.485 e. The third-order valence-corrected chi connectivity index (χ3v) is 5.47. The predicted molar refractivity (Wildman–Crippen MR) is 103 cm³/mol. The number of nitrogens with two attached hydrogens (primary N) is 1. The largest absolute Gasteiger partial charge is 0.485 e. The van der Waals surface area contributed by atoms with Gasteiger partial charge in [0.2, 0.25) is 5.91 Å². The number of nitrogens with zero attached hydrogens (tertiary/aromatic N) is 1. The summed E-state index contributed by atoms with van der Waals surface area (Å²) in [7, 11) is 0. The van der Waals surface area contributed by atoms with Crippen LogP contribution in [0, 0.1) is 0 Å². The van der Waals surface area contributed by atoms with E-state index < -0.39 is 11.6 Å². The van der Waals surface area contributed by atoms with Crippen LogP contribution in [0.1, 0.15) is 24.0 Å². The molecule has 1 spiro atoms. The van der Waals surface area contributed by atoms with Crippen LogP contribution < -0.4 is 10.5 Å². The molecule has 0 radical (unpaired) electrons. The smallest absolute Gasteiger partial charge is 0.240 e. The molecule has 1 fully saturated rings. The quantitative estimate of drug-likeness (QED) is 0.907. The van der Waals surface area contributed by atoms with Gasteiger partial charge in [-0.15, -0.1) is 0 Å². The van der Waals surface area contributed by atoms with Crippen LogP contribution in [0.5, 0.6) is 5.75 Å². The molecule has 2 aromatic rings. The molecule has 2 N–H and O–H groups in total. The van der Waals surface area contributed by atoms with Crippen molar-refractivity contribution in [1.82, 2.24) is 4.90 Å². The van der Waals surface area contributed by atoms with Gasteiger partial charge in [-0.3, -0.25) is 4.79 Å². The third-order valence-electron chi connectivity index (χ3n) is 5.47. The maximum absolute atomic E-state index is 13.2. The second kappa shape index (κ2) is 7.71. The van der Waals surface area contributed by atoms with Crippen molar-refractivity contribution in [2.45, 2.75) is 37.5 Å². The van der Waals surface area contributed by atoms with Gasteiger partial charge in [0, 0.05) is 24.9 Å². The highest BCUT2D eigenvalue weighted by molar-refractivity contribution is 5.82. The Morgan fingerprint density at radius 1 is 1.07 bits per heavy atom. The number of ether oxygens (including phenoxy) is 2. The molecular formula is C22H26N2O3. The Balaban J connectivity index is 1.57. The maximum Gasteiger partial charge on any atom is 0.240 e. The molecule has 2 aliphatic rings. The summed E-state index contributed by atoms with van der Waals surface area (Å²) in [6.45, 7) is 2.38. The number of carbonyl (C=O) groups is 1. The summed E-state index contributed by atoms with van der Waals surface area (Å²) in [6.07, 6.45) is 2.09. The molecule has 0 aromatic heterocycles. The molecule has 142 valence electrons. The summed E-state index contributed by atoms with van der Waals surface area (Å²) in [5, 5.41) is 0. The van der Waals surface area contributed by atoms with Crippen molar-refractivity contribution in [3.8, 4) is 5.75 Å². The summed E-state index contributed by atoms with van der Waals surface area (Å²) in [6, 6.07) is 17.3. The molecule has 27 heavy (non-hydrogen) atoms. The normalized spacial score (nSPS) is 19.7. The van der Waals surface area contributed by atoms with Crippen LogP contribution in [0.4, 0.5) is 0 Å². The molecule has 1 unspecified atom stereocenters. The van der Waals surface area contributed by atoms with Crippen LogP contribution in [0.25, 0.3) is 0 Å². The fraction of sp³-hybridized carbons (Fsp3) is 0.409. The van der Waals surface area contributed by atoms with Gasteiger partial charge in [0.1, 0.15) is 11.4 Å². The SMILES string of the molecule is NC(Cc1ccccc1)C(=O)N1Cc2ccccc2OC2(CCOCC2)C1. The van der Waals surface area contributed by atoms with Crippen LogP contribution in [-0.2, 0) is 22.5 Å². The first kappa shape index (κ1) is 18.0. The molecule has 5 nitrogen and oxygen atoms in total. The molecule has 1 saturated heterocycles. The third kappa shape index (κ3) is 3.99. The van der Waals surface area contributed by atoms with E-state index in [1.165, 1.54) is 0 Å².